The van der Waals surface area contributed by atoms with Crippen LogP contribution >= 0.6 is 0 Å². The zero-order chi connectivity index (χ0) is 10.8. The third kappa shape index (κ3) is 2.46. The van der Waals surface area contributed by atoms with E-state index in [9.17, 15) is 8.78 Å². The molecule has 1 rings (SSSR count). The Bertz CT molecular complexity index is 377. The zero-order valence-corrected chi connectivity index (χ0v) is 7.97. The summed E-state index contributed by atoms with van der Waals surface area (Å²) in [4.78, 5) is 0. The van der Waals surface area contributed by atoms with Crippen molar-refractivity contribution in [3.63, 3.8) is 0 Å². The normalized spacial score (nSPS) is 10.8. The van der Waals surface area contributed by atoms with E-state index >= 15 is 0 Å². The van der Waals surface area contributed by atoms with Gasteiger partial charge in [0, 0.05) is 6.07 Å². The lowest BCUT2D eigenvalue weighted by Gasteiger charge is -2.20. The van der Waals surface area contributed by atoms with Crippen molar-refractivity contribution in [3.05, 3.63) is 29.8 Å². The molecule has 0 aliphatic carbocycles. The Labute approximate surface area is 81.7 Å². The molecule has 0 atom stereocenters. The first-order valence-electron chi connectivity index (χ1n) is 4.06. The Morgan fingerprint density at radius 3 is 2.43 bits per heavy atom. The molecule has 0 amide bonds. The minimum Gasteiger partial charge on any atom is -0.475 e. The van der Waals surface area contributed by atoms with E-state index in [1.54, 1.807) is 13.8 Å². The van der Waals surface area contributed by atoms with Crippen LogP contribution in [0.2, 0.25) is 0 Å². The van der Waals surface area contributed by atoms with Gasteiger partial charge in [0.25, 0.3) is 0 Å². The van der Waals surface area contributed by atoms with Crippen molar-refractivity contribution in [2.24, 2.45) is 0 Å². The van der Waals surface area contributed by atoms with Crippen LogP contribution in [0.15, 0.2) is 18.2 Å². The van der Waals surface area contributed by atoms with E-state index in [-0.39, 0.29) is 5.75 Å². The number of benzene rings is 1. The summed E-state index contributed by atoms with van der Waals surface area (Å²) < 4.78 is 30.5. The molecule has 0 bridgehead atoms. The molecule has 0 radical (unpaired) electrons. The van der Waals surface area contributed by atoms with Crippen LogP contribution in [0, 0.1) is 24.0 Å². The maximum Gasteiger partial charge on any atom is 0.163 e. The van der Waals surface area contributed by atoms with Crippen molar-refractivity contribution < 1.29 is 13.5 Å². The van der Waals surface area contributed by atoms with Gasteiger partial charge in [-0.05, 0) is 26.0 Å². The van der Waals surface area contributed by atoms with Crippen LogP contribution in [-0.4, -0.2) is 5.60 Å². The molecule has 14 heavy (non-hydrogen) atoms. The predicted octanol–water partition coefficient (Wildman–Crippen LogP) is 2.76. The molecule has 1 aromatic rings. The first-order chi connectivity index (χ1) is 6.44. The van der Waals surface area contributed by atoms with Gasteiger partial charge in [0.2, 0.25) is 0 Å². The van der Waals surface area contributed by atoms with Crippen molar-refractivity contribution in [1.29, 1.82) is 0 Å². The van der Waals surface area contributed by atoms with Gasteiger partial charge in [-0.2, -0.15) is 0 Å². The summed E-state index contributed by atoms with van der Waals surface area (Å²) in [6, 6.07) is 3.29. The molecule has 0 heterocycles. The van der Waals surface area contributed by atoms with Crippen LogP contribution in [0.1, 0.15) is 13.8 Å². The summed E-state index contributed by atoms with van der Waals surface area (Å²) in [5.41, 5.74) is -0.829. The highest BCUT2D eigenvalue weighted by Crippen LogP contribution is 2.20. The standard InChI is InChI=1S/C11H10F2O/c1-4-11(2,3)14-8-5-6-9(12)10(13)7-8/h1,5-7H,2-3H3. The van der Waals surface area contributed by atoms with Crippen LogP contribution in [0.5, 0.6) is 5.75 Å². The fourth-order valence-corrected chi connectivity index (χ4v) is 0.864. The number of ether oxygens (including phenoxy) is 1. The van der Waals surface area contributed by atoms with Gasteiger partial charge in [-0.25, -0.2) is 8.78 Å². The highest BCUT2D eigenvalue weighted by Gasteiger charge is 2.16. The molecule has 1 nitrogen and oxygen atoms in total. The molecule has 3 heteroatoms. The second-order valence-electron chi connectivity index (χ2n) is 3.33. The SMILES string of the molecule is C#CC(C)(C)Oc1ccc(F)c(F)c1. The Balaban J connectivity index is 2.90. The largest absolute Gasteiger partial charge is 0.475 e. The Kier molecular flexibility index (Phi) is 2.76. The second kappa shape index (κ2) is 3.67. The van der Waals surface area contributed by atoms with E-state index in [2.05, 4.69) is 5.92 Å². The van der Waals surface area contributed by atoms with Gasteiger partial charge in [0.15, 0.2) is 17.2 Å². The fourth-order valence-electron chi connectivity index (χ4n) is 0.864. The number of halogens is 2. The highest BCUT2D eigenvalue weighted by atomic mass is 19.2. The highest BCUT2D eigenvalue weighted by molar-refractivity contribution is 5.25. The lowest BCUT2D eigenvalue weighted by molar-refractivity contribution is 0.171. The van der Waals surface area contributed by atoms with E-state index in [1.807, 2.05) is 0 Å². The van der Waals surface area contributed by atoms with Crippen molar-refractivity contribution in [3.8, 4) is 18.1 Å². The second-order valence-corrected chi connectivity index (χ2v) is 3.33. The molecule has 0 aromatic heterocycles. The van der Waals surface area contributed by atoms with E-state index in [4.69, 9.17) is 11.2 Å². The van der Waals surface area contributed by atoms with Crippen LogP contribution in [0.3, 0.4) is 0 Å². The van der Waals surface area contributed by atoms with Crippen molar-refractivity contribution >= 4 is 0 Å². The summed E-state index contributed by atoms with van der Waals surface area (Å²) in [5.74, 6) is 0.745. The summed E-state index contributed by atoms with van der Waals surface area (Å²) in [6.45, 7) is 3.32. The van der Waals surface area contributed by atoms with E-state index in [0.29, 0.717) is 0 Å². The third-order valence-electron chi connectivity index (χ3n) is 1.61. The lowest BCUT2D eigenvalue weighted by atomic mass is 10.1. The molecule has 0 unspecified atom stereocenters. The van der Waals surface area contributed by atoms with E-state index < -0.39 is 17.2 Å². The Hall–Kier alpha value is -1.56. The molecule has 0 N–H and O–H groups in total. The summed E-state index contributed by atoms with van der Waals surface area (Å²) >= 11 is 0. The predicted molar refractivity (Wildman–Crippen MR) is 49.9 cm³/mol. The summed E-state index contributed by atoms with van der Waals surface area (Å²) in [6.07, 6.45) is 5.18. The van der Waals surface area contributed by atoms with Crippen LogP contribution in [0.4, 0.5) is 8.78 Å². The zero-order valence-electron chi connectivity index (χ0n) is 7.97. The minimum atomic E-state index is -0.949. The topological polar surface area (TPSA) is 9.23 Å². The number of hydrogen-bond acceptors (Lipinski definition) is 1. The van der Waals surface area contributed by atoms with Crippen LogP contribution in [0.25, 0.3) is 0 Å². The smallest absolute Gasteiger partial charge is 0.163 e. The van der Waals surface area contributed by atoms with Crippen molar-refractivity contribution in [2.75, 3.05) is 0 Å². The van der Waals surface area contributed by atoms with Crippen LogP contribution in [-0.2, 0) is 0 Å². The molecule has 0 fully saturated rings. The minimum absolute atomic E-state index is 0.215. The molecular formula is C11H10F2O. The van der Waals surface area contributed by atoms with Crippen molar-refractivity contribution in [2.45, 2.75) is 19.4 Å². The Morgan fingerprint density at radius 2 is 1.93 bits per heavy atom. The van der Waals surface area contributed by atoms with Gasteiger partial charge in [-0.3, -0.25) is 0 Å². The van der Waals surface area contributed by atoms with Crippen LogP contribution < -0.4 is 4.74 Å². The first kappa shape index (κ1) is 10.5. The number of hydrogen-bond donors (Lipinski definition) is 0. The van der Waals surface area contributed by atoms with Crippen molar-refractivity contribution in [1.82, 2.24) is 0 Å². The van der Waals surface area contributed by atoms with Gasteiger partial charge in [0.1, 0.15) is 5.75 Å². The summed E-state index contributed by atoms with van der Waals surface area (Å²) in [5, 5.41) is 0. The number of terminal acetylenes is 1. The van der Waals surface area contributed by atoms with Gasteiger partial charge < -0.3 is 4.74 Å². The average molecular weight is 196 g/mol. The molecule has 1 aromatic carbocycles. The quantitative estimate of drug-likeness (QED) is 0.661. The maximum absolute atomic E-state index is 12.8. The third-order valence-corrected chi connectivity index (χ3v) is 1.61. The molecule has 0 saturated carbocycles. The fraction of sp³-hybridized carbons (Fsp3) is 0.273. The molecular weight excluding hydrogens is 186 g/mol. The Morgan fingerprint density at radius 1 is 1.29 bits per heavy atom. The van der Waals surface area contributed by atoms with Gasteiger partial charge in [-0.15, -0.1) is 6.42 Å². The average Bonchev–Trinajstić information content (AvgIpc) is 2.11. The van der Waals surface area contributed by atoms with Gasteiger partial charge in [0.05, 0.1) is 0 Å². The number of rotatable bonds is 2. The monoisotopic (exact) mass is 196 g/mol. The molecule has 0 saturated heterocycles. The molecule has 74 valence electrons. The summed E-state index contributed by atoms with van der Waals surface area (Å²) in [7, 11) is 0. The molecule has 0 spiro atoms. The van der Waals surface area contributed by atoms with Gasteiger partial charge >= 0.3 is 0 Å². The maximum atomic E-state index is 12.8. The molecule has 0 aliphatic rings. The van der Waals surface area contributed by atoms with Gasteiger partial charge in [-0.1, -0.05) is 5.92 Å². The van der Waals surface area contributed by atoms with E-state index in [0.717, 1.165) is 12.1 Å². The van der Waals surface area contributed by atoms with E-state index in [1.165, 1.54) is 6.07 Å². The first-order valence-corrected chi connectivity index (χ1v) is 4.06. The lowest BCUT2D eigenvalue weighted by Crippen LogP contribution is -2.25. The molecule has 0 aliphatic heterocycles.